The highest BCUT2D eigenvalue weighted by Gasteiger charge is 2.23. The van der Waals surface area contributed by atoms with Gasteiger partial charge in [-0.25, -0.2) is 4.98 Å². The number of aliphatic hydroxyl groups is 1. The zero-order chi connectivity index (χ0) is 8.55. The van der Waals surface area contributed by atoms with E-state index < -0.39 is 0 Å². The van der Waals surface area contributed by atoms with Gasteiger partial charge in [-0.3, -0.25) is 0 Å². The van der Waals surface area contributed by atoms with Crippen LogP contribution in [-0.4, -0.2) is 14.7 Å². The molecule has 0 aromatic carbocycles. The minimum atomic E-state index is 0.0558. The van der Waals surface area contributed by atoms with Gasteiger partial charge in [0.15, 0.2) is 5.16 Å². The molecular formula is C8H12N2OS. The third-order valence-corrected chi connectivity index (χ3v) is 2.57. The first kappa shape index (κ1) is 8.13. The number of thiol groups is 1. The molecular weight excluding hydrogens is 172 g/mol. The van der Waals surface area contributed by atoms with Crippen molar-refractivity contribution in [3.8, 4) is 0 Å². The Morgan fingerprint density at radius 1 is 1.67 bits per heavy atom. The van der Waals surface area contributed by atoms with Crippen LogP contribution in [0, 0.1) is 5.92 Å². The zero-order valence-corrected chi connectivity index (χ0v) is 7.67. The monoisotopic (exact) mass is 184 g/mol. The molecule has 0 radical (unpaired) electrons. The molecule has 1 aromatic heterocycles. The molecule has 1 N–H and O–H groups in total. The van der Waals surface area contributed by atoms with Crippen molar-refractivity contribution < 1.29 is 5.11 Å². The van der Waals surface area contributed by atoms with E-state index in [9.17, 15) is 0 Å². The molecule has 12 heavy (non-hydrogen) atoms. The lowest BCUT2D eigenvalue weighted by Crippen LogP contribution is -2.04. The quantitative estimate of drug-likeness (QED) is 0.690. The number of hydrogen-bond donors (Lipinski definition) is 2. The van der Waals surface area contributed by atoms with Gasteiger partial charge in [-0.05, 0) is 18.8 Å². The minimum Gasteiger partial charge on any atom is -0.390 e. The average Bonchev–Trinajstić information content (AvgIpc) is 2.80. The topological polar surface area (TPSA) is 38.1 Å². The molecule has 1 fully saturated rings. The highest BCUT2D eigenvalue weighted by Crippen LogP contribution is 2.31. The van der Waals surface area contributed by atoms with Gasteiger partial charge < -0.3 is 9.67 Å². The summed E-state index contributed by atoms with van der Waals surface area (Å²) in [6.45, 7) is 1.02. The number of rotatable bonds is 3. The maximum Gasteiger partial charge on any atom is 0.165 e. The first-order valence-corrected chi connectivity index (χ1v) is 4.60. The summed E-state index contributed by atoms with van der Waals surface area (Å²) < 4.78 is 1.99. The van der Waals surface area contributed by atoms with Crippen molar-refractivity contribution >= 4 is 12.6 Å². The van der Waals surface area contributed by atoms with Crippen LogP contribution in [-0.2, 0) is 13.2 Å². The molecule has 0 spiro atoms. The van der Waals surface area contributed by atoms with Gasteiger partial charge in [-0.2, -0.15) is 0 Å². The Labute approximate surface area is 76.8 Å². The Balaban J connectivity index is 2.18. The minimum absolute atomic E-state index is 0.0558. The van der Waals surface area contributed by atoms with Crippen LogP contribution in [0.5, 0.6) is 0 Å². The molecule has 4 heteroatoms. The summed E-state index contributed by atoms with van der Waals surface area (Å²) in [7, 11) is 0. The number of hydrogen-bond acceptors (Lipinski definition) is 3. The van der Waals surface area contributed by atoms with Gasteiger partial charge in [-0.15, -0.1) is 12.6 Å². The largest absolute Gasteiger partial charge is 0.390 e. The lowest BCUT2D eigenvalue weighted by atomic mass is 10.4. The van der Waals surface area contributed by atoms with E-state index in [-0.39, 0.29) is 6.61 Å². The van der Waals surface area contributed by atoms with Crippen LogP contribution in [0.25, 0.3) is 0 Å². The van der Waals surface area contributed by atoms with Crippen molar-refractivity contribution in [1.82, 2.24) is 9.55 Å². The number of imidazole rings is 1. The molecule has 0 aliphatic heterocycles. The summed E-state index contributed by atoms with van der Waals surface area (Å²) >= 11 is 4.22. The standard InChI is InChI=1S/C8H12N2OS/c11-5-7-3-9-8(12)10(7)4-6-1-2-6/h3,6,11H,1-2,4-5H2,(H,9,12). The molecule has 2 rings (SSSR count). The first-order valence-electron chi connectivity index (χ1n) is 4.15. The van der Waals surface area contributed by atoms with E-state index >= 15 is 0 Å². The average molecular weight is 184 g/mol. The van der Waals surface area contributed by atoms with Crippen LogP contribution in [0.2, 0.25) is 0 Å². The Morgan fingerprint density at radius 2 is 2.42 bits per heavy atom. The Kier molecular flexibility index (Phi) is 2.11. The third-order valence-electron chi connectivity index (χ3n) is 2.22. The maximum absolute atomic E-state index is 8.97. The molecule has 0 amide bonds. The number of aliphatic hydroxyl groups excluding tert-OH is 1. The van der Waals surface area contributed by atoms with Crippen molar-refractivity contribution in [2.75, 3.05) is 0 Å². The maximum atomic E-state index is 8.97. The van der Waals surface area contributed by atoms with E-state index in [1.165, 1.54) is 12.8 Å². The first-order chi connectivity index (χ1) is 5.81. The molecule has 1 aliphatic rings. The zero-order valence-electron chi connectivity index (χ0n) is 6.77. The van der Waals surface area contributed by atoms with E-state index in [2.05, 4.69) is 17.6 Å². The second-order valence-electron chi connectivity index (χ2n) is 3.26. The SMILES string of the molecule is OCc1cnc(S)n1CC1CC1. The van der Waals surface area contributed by atoms with Gasteiger partial charge in [0.2, 0.25) is 0 Å². The highest BCUT2D eigenvalue weighted by atomic mass is 32.1. The Hall–Kier alpha value is -0.480. The summed E-state index contributed by atoms with van der Waals surface area (Å²) in [5.74, 6) is 0.787. The molecule has 1 aromatic rings. The molecule has 1 aliphatic carbocycles. The lowest BCUT2D eigenvalue weighted by Gasteiger charge is -2.05. The molecule has 0 unspecified atom stereocenters. The predicted octanol–water partition coefficient (Wildman–Crippen LogP) is 1.07. The summed E-state index contributed by atoms with van der Waals surface area (Å²) in [4.78, 5) is 4.04. The highest BCUT2D eigenvalue weighted by molar-refractivity contribution is 7.80. The lowest BCUT2D eigenvalue weighted by molar-refractivity contribution is 0.268. The third kappa shape index (κ3) is 1.49. The normalized spacial score (nSPS) is 16.8. The van der Waals surface area contributed by atoms with Crippen molar-refractivity contribution in [3.05, 3.63) is 11.9 Å². The summed E-state index contributed by atoms with van der Waals surface area (Å²) in [6.07, 6.45) is 4.29. The summed E-state index contributed by atoms with van der Waals surface area (Å²) in [5.41, 5.74) is 0.868. The fraction of sp³-hybridized carbons (Fsp3) is 0.625. The van der Waals surface area contributed by atoms with Gasteiger partial charge in [-0.1, -0.05) is 0 Å². The molecule has 0 saturated heterocycles. The summed E-state index contributed by atoms with van der Waals surface area (Å²) in [5, 5.41) is 9.68. The van der Waals surface area contributed by atoms with Crippen LogP contribution in [0.1, 0.15) is 18.5 Å². The van der Waals surface area contributed by atoms with Crippen LogP contribution < -0.4 is 0 Å². The Bertz CT molecular complexity index is 281. The van der Waals surface area contributed by atoms with E-state index in [1.54, 1.807) is 6.20 Å². The van der Waals surface area contributed by atoms with Crippen LogP contribution in [0.15, 0.2) is 11.4 Å². The van der Waals surface area contributed by atoms with E-state index in [4.69, 9.17) is 5.11 Å². The van der Waals surface area contributed by atoms with Gasteiger partial charge in [0.05, 0.1) is 18.5 Å². The van der Waals surface area contributed by atoms with Crippen LogP contribution >= 0.6 is 12.6 Å². The number of aromatic nitrogens is 2. The van der Waals surface area contributed by atoms with Crippen molar-refractivity contribution in [2.24, 2.45) is 5.92 Å². The molecule has 0 bridgehead atoms. The molecule has 1 saturated carbocycles. The van der Waals surface area contributed by atoms with E-state index in [0.717, 1.165) is 18.2 Å². The second-order valence-corrected chi connectivity index (χ2v) is 3.66. The Morgan fingerprint density at radius 3 is 3.00 bits per heavy atom. The molecule has 3 nitrogen and oxygen atoms in total. The van der Waals surface area contributed by atoms with Crippen LogP contribution in [0.3, 0.4) is 0 Å². The fourth-order valence-corrected chi connectivity index (χ4v) is 1.55. The van der Waals surface area contributed by atoms with Gasteiger partial charge in [0, 0.05) is 6.54 Å². The molecule has 1 heterocycles. The molecule has 66 valence electrons. The second kappa shape index (κ2) is 3.11. The van der Waals surface area contributed by atoms with Crippen molar-refractivity contribution in [2.45, 2.75) is 31.1 Å². The van der Waals surface area contributed by atoms with Crippen molar-refractivity contribution in [1.29, 1.82) is 0 Å². The fourth-order valence-electron chi connectivity index (χ4n) is 1.28. The molecule has 0 atom stereocenters. The van der Waals surface area contributed by atoms with E-state index in [0.29, 0.717) is 5.16 Å². The number of nitrogens with zero attached hydrogens (tertiary/aromatic N) is 2. The van der Waals surface area contributed by atoms with Crippen molar-refractivity contribution in [3.63, 3.8) is 0 Å². The smallest absolute Gasteiger partial charge is 0.165 e. The van der Waals surface area contributed by atoms with E-state index in [1.807, 2.05) is 4.57 Å². The van der Waals surface area contributed by atoms with Crippen LogP contribution in [0.4, 0.5) is 0 Å². The van der Waals surface area contributed by atoms with Gasteiger partial charge >= 0.3 is 0 Å². The van der Waals surface area contributed by atoms with Gasteiger partial charge in [0.1, 0.15) is 0 Å². The summed E-state index contributed by atoms with van der Waals surface area (Å²) in [6, 6.07) is 0. The predicted molar refractivity (Wildman–Crippen MR) is 48.1 cm³/mol. The van der Waals surface area contributed by atoms with Gasteiger partial charge in [0.25, 0.3) is 0 Å².